The summed E-state index contributed by atoms with van der Waals surface area (Å²) >= 11 is 0. The zero-order valence-electron chi connectivity index (χ0n) is 13.7. The molecule has 2 aromatic rings. The minimum Gasteiger partial charge on any atom is -0.491 e. The number of epoxide rings is 2. The molecular weight excluding hydrogens is 303 g/mol. The number of fused-ring (bicyclic) bond motifs is 3. The van der Waals surface area contributed by atoms with Crippen molar-refractivity contribution >= 4 is 17.6 Å². The summed E-state index contributed by atoms with van der Waals surface area (Å²) in [4.78, 5) is 0. The Balaban J connectivity index is 1.43. The molecule has 122 valence electrons. The molecule has 0 saturated carbocycles. The Morgan fingerprint density at radius 1 is 0.875 bits per heavy atom. The van der Waals surface area contributed by atoms with Gasteiger partial charge >= 0.3 is 0 Å². The number of hydrogen-bond acceptors (Lipinski definition) is 4. The predicted molar refractivity (Wildman–Crippen MR) is 93.2 cm³/mol. The lowest BCUT2D eigenvalue weighted by atomic mass is 9.45. The van der Waals surface area contributed by atoms with Crippen molar-refractivity contribution in [2.75, 3.05) is 26.4 Å². The molecule has 0 spiro atoms. The van der Waals surface area contributed by atoms with Gasteiger partial charge in [0.2, 0.25) is 6.71 Å². The quantitative estimate of drug-likeness (QED) is 0.597. The Morgan fingerprint density at radius 3 is 1.75 bits per heavy atom. The summed E-state index contributed by atoms with van der Waals surface area (Å²) in [5.74, 6) is 1.81. The molecule has 0 N–H and O–H groups in total. The van der Waals surface area contributed by atoms with Crippen molar-refractivity contribution in [3.8, 4) is 22.6 Å². The molecular formula is C19H19BO4. The molecule has 3 aliphatic rings. The molecule has 2 aromatic carbocycles. The second-order valence-corrected chi connectivity index (χ2v) is 6.75. The van der Waals surface area contributed by atoms with Gasteiger partial charge in [-0.15, -0.1) is 0 Å². The Morgan fingerprint density at radius 2 is 1.33 bits per heavy atom. The van der Waals surface area contributed by atoms with Gasteiger partial charge in [0, 0.05) is 0 Å². The van der Waals surface area contributed by atoms with Crippen LogP contribution < -0.4 is 20.4 Å². The number of rotatable bonds is 6. The van der Waals surface area contributed by atoms with Crippen LogP contribution >= 0.6 is 0 Å². The molecule has 2 unspecified atom stereocenters. The normalized spacial score (nSPS) is 22.8. The molecule has 0 radical (unpaired) electrons. The first-order valence-electron chi connectivity index (χ1n) is 8.55. The summed E-state index contributed by atoms with van der Waals surface area (Å²) in [6, 6.07) is 12.8. The maximum atomic E-state index is 5.85. The molecule has 0 bridgehead atoms. The fourth-order valence-corrected chi connectivity index (χ4v) is 3.35. The van der Waals surface area contributed by atoms with Crippen LogP contribution in [0, 0.1) is 0 Å². The van der Waals surface area contributed by atoms with E-state index < -0.39 is 0 Å². The highest BCUT2D eigenvalue weighted by Gasteiger charge is 2.30. The molecule has 0 aromatic heterocycles. The second-order valence-electron chi connectivity index (χ2n) is 6.75. The van der Waals surface area contributed by atoms with Crippen LogP contribution in [0.2, 0.25) is 6.82 Å². The van der Waals surface area contributed by atoms with E-state index in [0.29, 0.717) is 19.9 Å². The third kappa shape index (κ3) is 2.68. The van der Waals surface area contributed by atoms with E-state index in [2.05, 4.69) is 43.2 Å². The topological polar surface area (TPSA) is 43.5 Å². The molecule has 5 heteroatoms. The molecule has 3 heterocycles. The van der Waals surface area contributed by atoms with Gasteiger partial charge in [-0.3, -0.25) is 0 Å². The van der Waals surface area contributed by atoms with Crippen molar-refractivity contribution < 1.29 is 18.9 Å². The highest BCUT2D eigenvalue weighted by molar-refractivity contribution is 6.88. The van der Waals surface area contributed by atoms with Gasteiger partial charge in [-0.2, -0.15) is 0 Å². The molecule has 5 rings (SSSR count). The van der Waals surface area contributed by atoms with Crippen LogP contribution in [0.25, 0.3) is 11.1 Å². The average molecular weight is 322 g/mol. The van der Waals surface area contributed by atoms with E-state index in [1.54, 1.807) is 0 Å². The van der Waals surface area contributed by atoms with Gasteiger partial charge in [-0.05, 0) is 35.4 Å². The Kier molecular flexibility index (Phi) is 3.32. The first-order chi connectivity index (χ1) is 11.8. The van der Waals surface area contributed by atoms with Crippen molar-refractivity contribution in [2.24, 2.45) is 0 Å². The fraction of sp³-hybridized carbons (Fsp3) is 0.368. The smallest absolute Gasteiger partial charge is 0.207 e. The van der Waals surface area contributed by atoms with E-state index in [9.17, 15) is 0 Å². The zero-order chi connectivity index (χ0) is 16.1. The van der Waals surface area contributed by atoms with Crippen LogP contribution in [0.15, 0.2) is 36.4 Å². The van der Waals surface area contributed by atoms with Crippen LogP contribution in [0.3, 0.4) is 0 Å². The molecule has 2 saturated heterocycles. The predicted octanol–water partition coefficient (Wildman–Crippen LogP) is 1.46. The largest absolute Gasteiger partial charge is 0.491 e. The fourth-order valence-electron chi connectivity index (χ4n) is 3.35. The van der Waals surface area contributed by atoms with Gasteiger partial charge < -0.3 is 18.9 Å². The summed E-state index contributed by atoms with van der Waals surface area (Å²) in [6.07, 6.45) is 0.545. The average Bonchev–Trinajstić information content (AvgIpc) is 3.52. The lowest BCUT2D eigenvalue weighted by Gasteiger charge is -2.09. The van der Waals surface area contributed by atoms with Crippen molar-refractivity contribution in [2.45, 2.75) is 19.0 Å². The third-order valence-corrected chi connectivity index (χ3v) is 4.95. The Bertz CT molecular complexity index is 717. The molecule has 24 heavy (non-hydrogen) atoms. The van der Waals surface area contributed by atoms with Crippen molar-refractivity contribution in [3.05, 3.63) is 36.4 Å². The summed E-state index contributed by atoms with van der Waals surface area (Å²) in [6.45, 7) is 5.54. The lowest BCUT2D eigenvalue weighted by molar-refractivity contribution is 0.263. The maximum absolute atomic E-state index is 5.85. The molecule has 2 atom stereocenters. The van der Waals surface area contributed by atoms with Crippen LogP contribution in [0.5, 0.6) is 11.5 Å². The van der Waals surface area contributed by atoms with Gasteiger partial charge in [-0.1, -0.05) is 29.9 Å². The molecule has 3 aliphatic heterocycles. The van der Waals surface area contributed by atoms with E-state index in [1.165, 1.54) is 22.1 Å². The van der Waals surface area contributed by atoms with Crippen molar-refractivity contribution in [1.29, 1.82) is 0 Å². The minimum atomic E-state index is 0.272. The standard InChI is InChI=1S/C19H19BO4/c1-20-18-4-2-12(21-8-14-10-23-14)6-16(18)17-7-13(3-5-19(17)20)22-9-15-11-24-15/h2-7,14-15H,8-11H2,1H3. The van der Waals surface area contributed by atoms with Crippen LogP contribution in [-0.2, 0) is 9.47 Å². The van der Waals surface area contributed by atoms with E-state index in [1.807, 2.05) is 0 Å². The summed E-state index contributed by atoms with van der Waals surface area (Å²) in [5.41, 5.74) is 5.20. The lowest BCUT2D eigenvalue weighted by Crippen LogP contribution is -2.34. The van der Waals surface area contributed by atoms with E-state index in [0.717, 1.165) is 24.7 Å². The van der Waals surface area contributed by atoms with Crippen molar-refractivity contribution in [3.63, 3.8) is 0 Å². The van der Waals surface area contributed by atoms with E-state index >= 15 is 0 Å². The Hall–Kier alpha value is -1.98. The van der Waals surface area contributed by atoms with Gasteiger partial charge in [0.05, 0.1) is 13.2 Å². The summed E-state index contributed by atoms with van der Waals surface area (Å²) in [5, 5.41) is 0. The first kappa shape index (κ1) is 14.4. The van der Waals surface area contributed by atoms with Gasteiger partial charge in [-0.25, -0.2) is 0 Å². The third-order valence-electron chi connectivity index (χ3n) is 4.95. The van der Waals surface area contributed by atoms with Gasteiger partial charge in [0.15, 0.2) is 0 Å². The maximum Gasteiger partial charge on any atom is 0.207 e. The summed E-state index contributed by atoms with van der Waals surface area (Å²) < 4.78 is 22.1. The number of ether oxygens (including phenoxy) is 4. The number of hydrogen-bond donors (Lipinski definition) is 0. The highest BCUT2D eigenvalue weighted by Crippen LogP contribution is 2.30. The van der Waals surface area contributed by atoms with Crippen LogP contribution in [-0.4, -0.2) is 45.3 Å². The Labute approximate surface area is 141 Å². The minimum absolute atomic E-state index is 0.272. The molecule has 0 aliphatic carbocycles. The summed E-state index contributed by atoms with van der Waals surface area (Å²) in [7, 11) is 0. The molecule has 2 fully saturated rings. The van der Waals surface area contributed by atoms with E-state index in [-0.39, 0.29) is 12.2 Å². The monoisotopic (exact) mass is 322 g/mol. The second kappa shape index (κ2) is 5.54. The highest BCUT2D eigenvalue weighted by atomic mass is 16.6. The molecule has 4 nitrogen and oxygen atoms in total. The van der Waals surface area contributed by atoms with Gasteiger partial charge in [0.1, 0.15) is 36.9 Å². The SMILES string of the molecule is CB1c2ccc(OCC3CO3)cc2-c2cc(OCC3CO3)ccc21. The number of benzene rings is 2. The van der Waals surface area contributed by atoms with E-state index in [4.69, 9.17) is 18.9 Å². The van der Waals surface area contributed by atoms with Crippen LogP contribution in [0.1, 0.15) is 0 Å². The zero-order valence-corrected chi connectivity index (χ0v) is 13.7. The van der Waals surface area contributed by atoms with Gasteiger partial charge in [0.25, 0.3) is 0 Å². The van der Waals surface area contributed by atoms with Crippen molar-refractivity contribution in [1.82, 2.24) is 0 Å². The first-order valence-corrected chi connectivity index (χ1v) is 8.55. The van der Waals surface area contributed by atoms with Crippen LogP contribution in [0.4, 0.5) is 0 Å². The molecule has 0 amide bonds.